The lowest BCUT2D eigenvalue weighted by molar-refractivity contribution is 0.0176. The van der Waals surface area contributed by atoms with Crippen LogP contribution in [0.4, 0.5) is 0 Å². The molecule has 0 spiro atoms. The summed E-state index contributed by atoms with van der Waals surface area (Å²) in [5, 5.41) is 0. The van der Waals surface area contributed by atoms with Gasteiger partial charge in [0.2, 0.25) is 10.0 Å². The van der Waals surface area contributed by atoms with Gasteiger partial charge < -0.3 is 4.74 Å². The van der Waals surface area contributed by atoms with Crippen LogP contribution in [0.25, 0.3) is 5.57 Å². The van der Waals surface area contributed by atoms with Crippen molar-refractivity contribution in [2.24, 2.45) is 0 Å². The fourth-order valence-electron chi connectivity index (χ4n) is 2.71. The molecule has 3 rings (SSSR count). The van der Waals surface area contributed by atoms with Gasteiger partial charge in [0.05, 0.1) is 11.5 Å². The van der Waals surface area contributed by atoms with Crippen molar-refractivity contribution < 1.29 is 13.2 Å². The molecule has 1 aliphatic heterocycles. The van der Waals surface area contributed by atoms with Crippen LogP contribution < -0.4 is 0 Å². The van der Waals surface area contributed by atoms with Crippen LogP contribution in [0.5, 0.6) is 0 Å². The second kappa shape index (κ2) is 5.92. The van der Waals surface area contributed by atoms with Crippen LogP contribution in [0.1, 0.15) is 16.7 Å². The van der Waals surface area contributed by atoms with E-state index in [4.69, 9.17) is 4.74 Å². The maximum atomic E-state index is 12.7. The summed E-state index contributed by atoms with van der Waals surface area (Å²) in [7, 11) is -2.05. The fourth-order valence-corrected chi connectivity index (χ4v) is 4.17. The molecule has 4 nitrogen and oxygen atoms in total. The van der Waals surface area contributed by atoms with Crippen molar-refractivity contribution in [3.8, 4) is 0 Å². The fraction of sp³-hybridized carbons (Fsp3) is 0.222. The van der Waals surface area contributed by atoms with Crippen LogP contribution in [0, 0.1) is 6.92 Å². The van der Waals surface area contributed by atoms with Crippen molar-refractivity contribution in [1.29, 1.82) is 0 Å². The highest BCUT2D eigenvalue weighted by Crippen LogP contribution is 2.36. The molecule has 23 heavy (non-hydrogen) atoms. The van der Waals surface area contributed by atoms with Gasteiger partial charge in [-0.25, -0.2) is 8.42 Å². The first-order chi connectivity index (χ1) is 10.9. The summed E-state index contributed by atoms with van der Waals surface area (Å²) in [5.74, 6) is 0. The van der Waals surface area contributed by atoms with E-state index in [9.17, 15) is 8.42 Å². The van der Waals surface area contributed by atoms with Gasteiger partial charge in [0.15, 0.2) is 0 Å². The second-order valence-electron chi connectivity index (χ2n) is 5.70. The Morgan fingerprint density at radius 2 is 1.87 bits per heavy atom. The van der Waals surface area contributed by atoms with E-state index >= 15 is 0 Å². The molecular formula is C18H19NO3S. The molecule has 2 aromatic carbocycles. The van der Waals surface area contributed by atoms with Crippen molar-refractivity contribution in [2.45, 2.75) is 24.7 Å². The number of fused-ring (bicyclic) bond motifs is 1. The number of rotatable bonds is 3. The van der Waals surface area contributed by atoms with Crippen molar-refractivity contribution in [3.63, 3.8) is 0 Å². The predicted octanol–water partition coefficient (Wildman–Crippen LogP) is 3.19. The van der Waals surface area contributed by atoms with Crippen LogP contribution in [0.15, 0.2) is 60.0 Å². The van der Waals surface area contributed by atoms with Gasteiger partial charge in [-0.15, -0.1) is 0 Å². The molecule has 0 bridgehead atoms. The summed E-state index contributed by atoms with van der Waals surface area (Å²) in [6, 6.07) is 14.9. The zero-order valence-electron chi connectivity index (χ0n) is 13.2. The Morgan fingerprint density at radius 3 is 2.57 bits per heavy atom. The van der Waals surface area contributed by atoms with E-state index in [1.54, 1.807) is 12.1 Å². The average molecular weight is 329 g/mol. The van der Waals surface area contributed by atoms with E-state index in [2.05, 4.69) is 6.58 Å². The number of benzene rings is 2. The first-order valence-electron chi connectivity index (χ1n) is 7.34. The van der Waals surface area contributed by atoms with Gasteiger partial charge in [-0.1, -0.05) is 54.6 Å². The first-order valence-corrected chi connectivity index (χ1v) is 8.78. The number of hydrogen-bond donors (Lipinski definition) is 0. The average Bonchev–Trinajstić information content (AvgIpc) is 2.54. The molecule has 0 radical (unpaired) electrons. The van der Waals surface area contributed by atoms with Crippen molar-refractivity contribution in [2.75, 3.05) is 7.05 Å². The first kappa shape index (κ1) is 15.9. The van der Waals surface area contributed by atoms with Crippen LogP contribution >= 0.6 is 0 Å². The topological polar surface area (TPSA) is 46.6 Å². The molecular weight excluding hydrogens is 310 g/mol. The van der Waals surface area contributed by atoms with Gasteiger partial charge in [-0.2, -0.15) is 4.31 Å². The van der Waals surface area contributed by atoms with E-state index in [0.717, 1.165) is 11.1 Å². The quantitative estimate of drug-likeness (QED) is 0.869. The lowest BCUT2D eigenvalue weighted by Gasteiger charge is -2.34. The summed E-state index contributed by atoms with van der Waals surface area (Å²) >= 11 is 0. The molecule has 0 saturated heterocycles. The standard InChI is InChI=1S/C18H19NO3S/c1-13-9-10-17-16(11-13)14(2)18(19(3)23(17,20)21)22-12-15-7-5-4-6-8-15/h4-11,18H,2,12H2,1,3H3. The highest BCUT2D eigenvalue weighted by molar-refractivity contribution is 7.89. The SMILES string of the molecule is C=C1c2cc(C)ccc2S(=O)(=O)N(C)C1OCc1ccccc1. The Hall–Kier alpha value is -1.95. The smallest absolute Gasteiger partial charge is 0.245 e. The van der Waals surface area contributed by atoms with Crippen molar-refractivity contribution in [1.82, 2.24) is 4.31 Å². The largest absolute Gasteiger partial charge is 0.353 e. The minimum Gasteiger partial charge on any atom is -0.353 e. The molecule has 5 heteroatoms. The van der Waals surface area contributed by atoms with Gasteiger partial charge in [0.1, 0.15) is 6.23 Å². The number of nitrogens with zero attached hydrogens (tertiary/aromatic N) is 1. The molecule has 1 atom stereocenters. The van der Waals surface area contributed by atoms with Crippen LogP contribution in [0.3, 0.4) is 0 Å². The van der Waals surface area contributed by atoms with E-state index in [1.807, 2.05) is 43.3 Å². The third-order valence-corrected chi connectivity index (χ3v) is 5.88. The monoisotopic (exact) mass is 329 g/mol. The second-order valence-corrected chi connectivity index (χ2v) is 7.66. The summed E-state index contributed by atoms with van der Waals surface area (Å²) in [6.07, 6.45) is -0.700. The lowest BCUT2D eigenvalue weighted by atomic mass is 10.0. The van der Waals surface area contributed by atoms with Crippen molar-refractivity contribution in [3.05, 3.63) is 71.8 Å². The number of ether oxygens (including phenoxy) is 1. The zero-order chi connectivity index (χ0) is 16.6. The number of hydrogen-bond acceptors (Lipinski definition) is 3. The Kier molecular flexibility index (Phi) is 4.10. The zero-order valence-corrected chi connectivity index (χ0v) is 14.0. The van der Waals surface area contributed by atoms with E-state index in [1.165, 1.54) is 11.4 Å². The Bertz CT molecular complexity index is 844. The van der Waals surface area contributed by atoms with Crippen molar-refractivity contribution >= 4 is 15.6 Å². The molecule has 0 fully saturated rings. The summed E-state index contributed by atoms with van der Waals surface area (Å²) in [4.78, 5) is 0.287. The molecule has 120 valence electrons. The summed E-state index contributed by atoms with van der Waals surface area (Å²) in [6.45, 7) is 6.33. The molecule has 0 aromatic heterocycles. The third-order valence-electron chi connectivity index (χ3n) is 4.02. The summed E-state index contributed by atoms with van der Waals surface area (Å²) < 4.78 is 32.5. The van der Waals surface area contributed by atoms with E-state index in [-0.39, 0.29) is 4.90 Å². The number of aryl methyl sites for hydroxylation is 1. The highest BCUT2D eigenvalue weighted by Gasteiger charge is 2.38. The Balaban J connectivity index is 1.94. The minimum atomic E-state index is -3.58. The molecule has 0 saturated carbocycles. The molecule has 1 unspecified atom stereocenters. The van der Waals surface area contributed by atoms with E-state index < -0.39 is 16.3 Å². The van der Waals surface area contributed by atoms with Gasteiger partial charge in [0.25, 0.3) is 0 Å². The lowest BCUT2D eigenvalue weighted by Crippen LogP contribution is -2.43. The highest BCUT2D eigenvalue weighted by atomic mass is 32.2. The maximum Gasteiger partial charge on any atom is 0.245 e. The number of sulfonamides is 1. The maximum absolute atomic E-state index is 12.7. The van der Waals surface area contributed by atoms with Gasteiger partial charge in [0, 0.05) is 12.6 Å². The molecule has 1 aliphatic rings. The Morgan fingerprint density at radius 1 is 1.17 bits per heavy atom. The Labute approximate surface area is 137 Å². The van der Waals surface area contributed by atoms with Crippen LogP contribution in [-0.2, 0) is 21.4 Å². The summed E-state index contributed by atoms with van der Waals surface area (Å²) in [5.41, 5.74) is 3.28. The van der Waals surface area contributed by atoms with Gasteiger partial charge in [-0.3, -0.25) is 0 Å². The normalized spacial score (nSPS) is 20.3. The molecule has 0 N–H and O–H groups in total. The minimum absolute atomic E-state index is 0.287. The van der Waals surface area contributed by atoms with Crippen LogP contribution in [0.2, 0.25) is 0 Å². The van der Waals surface area contributed by atoms with Gasteiger partial charge >= 0.3 is 0 Å². The molecule has 2 aromatic rings. The van der Waals surface area contributed by atoms with Crippen LogP contribution in [-0.4, -0.2) is 26.0 Å². The number of likely N-dealkylation sites (N-methyl/N-ethyl adjacent to an activating group) is 1. The molecule has 0 amide bonds. The van der Waals surface area contributed by atoms with Gasteiger partial charge in [-0.05, 0) is 24.1 Å². The van der Waals surface area contributed by atoms with E-state index in [0.29, 0.717) is 17.7 Å². The third kappa shape index (κ3) is 2.83. The molecule has 0 aliphatic carbocycles. The predicted molar refractivity (Wildman–Crippen MR) is 90.2 cm³/mol. The molecule has 1 heterocycles.